The van der Waals surface area contributed by atoms with E-state index in [0.717, 1.165) is 29.3 Å². The third-order valence-corrected chi connectivity index (χ3v) is 8.01. The van der Waals surface area contributed by atoms with Crippen molar-refractivity contribution in [3.05, 3.63) is 83.7 Å². The van der Waals surface area contributed by atoms with E-state index in [0.29, 0.717) is 48.5 Å². The molecule has 9 nitrogen and oxygen atoms in total. The average molecular weight is 524 g/mol. The van der Waals surface area contributed by atoms with Gasteiger partial charge in [0.15, 0.2) is 5.82 Å². The molecule has 3 aromatic heterocycles. The first-order valence-corrected chi connectivity index (χ1v) is 13.2. The number of aromatic nitrogens is 6. The van der Waals surface area contributed by atoms with E-state index in [9.17, 15) is 9.90 Å². The Labute approximate surface area is 223 Å². The van der Waals surface area contributed by atoms with Gasteiger partial charge in [-0.15, -0.1) is 10.2 Å². The van der Waals surface area contributed by atoms with Crippen LogP contribution in [0.4, 0.5) is 4.39 Å². The molecule has 2 aliphatic rings. The lowest BCUT2D eigenvalue weighted by Gasteiger charge is -2.26. The number of nitrogens with one attached hydrogen (secondary N) is 1. The van der Waals surface area contributed by atoms with E-state index in [1.165, 1.54) is 18.3 Å². The van der Waals surface area contributed by atoms with Crippen molar-refractivity contribution in [2.75, 3.05) is 0 Å². The first-order chi connectivity index (χ1) is 19.0. The van der Waals surface area contributed by atoms with Crippen molar-refractivity contribution in [1.29, 1.82) is 0 Å². The minimum absolute atomic E-state index is 0.0216. The molecule has 39 heavy (non-hydrogen) atoms. The second-order valence-electron chi connectivity index (χ2n) is 10.5. The summed E-state index contributed by atoms with van der Waals surface area (Å²) in [5, 5.41) is 27.1. The predicted octanol–water partition coefficient (Wildman–Crippen LogP) is 3.99. The Morgan fingerprint density at radius 3 is 2.67 bits per heavy atom. The Hall–Kier alpha value is -4.31. The molecule has 0 saturated heterocycles. The van der Waals surface area contributed by atoms with Crippen LogP contribution in [0, 0.1) is 5.82 Å². The Bertz CT molecular complexity index is 1720. The normalized spacial score (nSPS) is 20.3. The third kappa shape index (κ3) is 4.21. The first kappa shape index (κ1) is 23.8. The molecule has 0 aliphatic heterocycles. The summed E-state index contributed by atoms with van der Waals surface area (Å²) in [4.78, 5) is 21.6. The minimum Gasteiger partial charge on any atom is -0.393 e. The van der Waals surface area contributed by atoms with Crippen LogP contribution in [-0.2, 0) is 5.41 Å². The van der Waals surface area contributed by atoms with Crippen LogP contribution in [0.3, 0.4) is 0 Å². The van der Waals surface area contributed by atoms with Gasteiger partial charge in [-0.1, -0.05) is 18.2 Å². The van der Waals surface area contributed by atoms with Crippen molar-refractivity contribution in [2.45, 2.75) is 56.1 Å². The highest BCUT2D eigenvalue weighted by Crippen LogP contribution is 2.53. The van der Waals surface area contributed by atoms with E-state index in [1.807, 2.05) is 18.2 Å². The van der Waals surface area contributed by atoms with Gasteiger partial charge in [0.05, 0.1) is 28.8 Å². The number of nitrogens with zero attached hydrogens (tertiary/aromatic N) is 6. The van der Waals surface area contributed by atoms with Gasteiger partial charge in [0.1, 0.15) is 11.5 Å². The monoisotopic (exact) mass is 523 g/mol. The van der Waals surface area contributed by atoms with Crippen LogP contribution >= 0.6 is 0 Å². The fourth-order valence-corrected chi connectivity index (χ4v) is 5.61. The molecule has 0 spiro atoms. The maximum absolute atomic E-state index is 15.1. The van der Waals surface area contributed by atoms with Crippen molar-refractivity contribution in [3.8, 4) is 11.3 Å². The predicted molar refractivity (Wildman–Crippen MR) is 141 cm³/mol. The van der Waals surface area contributed by atoms with Gasteiger partial charge in [0, 0.05) is 23.2 Å². The maximum atomic E-state index is 15.1. The van der Waals surface area contributed by atoms with Crippen LogP contribution in [0.5, 0.6) is 0 Å². The van der Waals surface area contributed by atoms with E-state index in [2.05, 4.69) is 37.6 Å². The average Bonchev–Trinajstić information content (AvgIpc) is 3.65. The molecule has 1 amide bonds. The zero-order valence-corrected chi connectivity index (χ0v) is 21.1. The quantitative estimate of drug-likeness (QED) is 0.358. The Kier molecular flexibility index (Phi) is 5.59. The van der Waals surface area contributed by atoms with Gasteiger partial charge in [0.2, 0.25) is 0 Å². The maximum Gasteiger partial charge on any atom is 0.271 e. The number of aliphatic hydroxyl groups is 1. The topological polar surface area (TPSA) is 118 Å². The highest BCUT2D eigenvalue weighted by atomic mass is 19.1. The molecule has 0 atom stereocenters. The number of halogens is 1. The SMILES string of the molecule is O=C(NC1CCC(O)CC1)c1ccc(-c2cnc3nnc(C4(c5ccc6ncccc6c5)CC4)n3n2)cc1F. The van der Waals surface area contributed by atoms with Crippen LogP contribution < -0.4 is 5.32 Å². The number of aliphatic hydroxyl groups excluding tert-OH is 1. The summed E-state index contributed by atoms with van der Waals surface area (Å²) in [5.74, 6) is -0.0137. The smallest absolute Gasteiger partial charge is 0.271 e. The summed E-state index contributed by atoms with van der Waals surface area (Å²) in [7, 11) is 0. The largest absolute Gasteiger partial charge is 0.393 e. The van der Waals surface area contributed by atoms with Gasteiger partial charge in [-0.3, -0.25) is 9.78 Å². The molecule has 0 unspecified atom stereocenters. The minimum atomic E-state index is -0.629. The Morgan fingerprint density at radius 1 is 1.03 bits per heavy atom. The first-order valence-electron chi connectivity index (χ1n) is 13.2. The van der Waals surface area contributed by atoms with E-state index < -0.39 is 11.7 Å². The van der Waals surface area contributed by atoms with Gasteiger partial charge in [-0.05, 0) is 74.4 Å². The number of hydrogen-bond acceptors (Lipinski definition) is 7. The number of benzene rings is 2. The van der Waals surface area contributed by atoms with Crippen LogP contribution in [-0.4, -0.2) is 52.9 Å². The van der Waals surface area contributed by atoms with Gasteiger partial charge in [-0.25, -0.2) is 9.37 Å². The van der Waals surface area contributed by atoms with Crippen LogP contribution in [0.1, 0.15) is 60.3 Å². The summed E-state index contributed by atoms with van der Waals surface area (Å²) in [6, 6.07) is 14.6. The van der Waals surface area contributed by atoms with Crippen molar-refractivity contribution in [2.24, 2.45) is 0 Å². The summed E-state index contributed by atoms with van der Waals surface area (Å²) in [6.45, 7) is 0. The molecular weight excluding hydrogens is 497 g/mol. The Balaban J connectivity index is 1.18. The molecule has 0 radical (unpaired) electrons. The zero-order chi connectivity index (χ0) is 26.6. The second-order valence-corrected chi connectivity index (χ2v) is 10.5. The standard InChI is InChI=1S/C29H26FN7O2/c30-23-15-18(3-9-22(23)26(39)33-20-5-7-21(38)8-6-20)25-16-32-28-35-34-27(37(28)36-25)29(11-12-29)19-4-10-24-17(14-19)2-1-13-31-24/h1-4,9-10,13-16,20-21,38H,5-8,11-12H2,(H,33,39). The summed E-state index contributed by atoms with van der Waals surface area (Å²) in [6.07, 6.45) is 7.45. The molecule has 2 saturated carbocycles. The second kappa shape index (κ2) is 9.16. The van der Waals surface area contributed by atoms with Gasteiger partial charge >= 0.3 is 0 Å². The van der Waals surface area contributed by atoms with E-state index in [-0.39, 0.29) is 23.1 Å². The van der Waals surface area contributed by atoms with Gasteiger partial charge in [-0.2, -0.15) is 9.61 Å². The summed E-state index contributed by atoms with van der Waals surface area (Å²) >= 11 is 0. The lowest BCUT2D eigenvalue weighted by atomic mass is 9.93. The number of hydrogen-bond donors (Lipinski definition) is 2. The molecule has 3 heterocycles. The Morgan fingerprint density at radius 2 is 1.87 bits per heavy atom. The van der Waals surface area contributed by atoms with E-state index >= 15 is 4.39 Å². The lowest BCUT2D eigenvalue weighted by Crippen LogP contribution is -2.38. The van der Waals surface area contributed by atoms with Gasteiger partial charge in [0.25, 0.3) is 11.7 Å². The molecule has 5 aromatic rings. The number of pyridine rings is 1. The van der Waals surface area contributed by atoms with Crippen LogP contribution in [0.15, 0.2) is 60.9 Å². The number of amides is 1. The molecule has 2 N–H and O–H groups in total. The molecule has 7 rings (SSSR count). The summed E-state index contributed by atoms with van der Waals surface area (Å²) in [5.41, 5.74) is 2.67. The van der Waals surface area contributed by atoms with E-state index in [1.54, 1.807) is 16.8 Å². The number of carbonyl (C=O) groups is 1. The highest BCUT2D eigenvalue weighted by Gasteiger charge is 2.50. The van der Waals surface area contributed by atoms with Crippen molar-refractivity contribution in [3.63, 3.8) is 0 Å². The van der Waals surface area contributed by atoms with E-state index in [4.69, 9.17) is 5.10 Å². The molecule has 2 fully saturated rings. The van der Waals surface area contributed by atoms with Crippen molar-refractivity contribution >= 4 is 22.6 Å². The fraction of sp³-hybridized carbons (Fsp3) is 0.310. The number of rotatable bonds is 5. The molecule has 2 aromatic carbocycles. The summed E-state index contributed by atoms with van der Waals surface area (Å²) < 4.78 is 16.7. The number of carbonyl (C=O) groups excluding carboxylic acids is 1. The molecule has 10 heteroatoms. The zero-order valence-electron chi connectivity index (χ0n) is 21.1. The van der Waals surface area contributed by atoms with Crippen molar-refractivity contribution < 1.29 is 14.3 Å². The lowest BCUT2D eigenvalue weighted by molar-refractivity contribution is 0.0864. The van der Waals surface area contributed by atoms with Crippen LogP contribution in [0.25, 0.3) is 27.9 Å². The molecule has 0 bridgehead atoms. The van der Waals surface area contributed by atoms with Gasteiger partial charge < -0.3 is 10.4 Å². The van der Waals surface area contributed by atoms with Crippen LogP contribution in [0.2, 0.25) is 0 Å². The van der Waals surface area contributed by atoms with Crippen molar-refractivity contribution in [1.82, 2.24) is 35.1 Å². The highest BCUT2D eigenvalue weighted by molar-refractivity contribution is 5.95. The fourth-order valence-electron chi connectivity index (χ4n) is 5.61. The molecular formula is C29H26FN7O2. The molecule has 2 aliphatic carbocycles. The third-order valence-electron chi connectivity index (χ3n) is 8.01. The molecule has 196 valence electrons. The number of fused-ring (bicyclic) bond motifs is 2.